The van der Waals surface area contributed by atoms with Crippen molar-refractivity contribution in [3.8, 4) is 0 Å². The Morgan fingerprint density at radius 3 is 2.71 bits per heavy atom. The van der Waals surface area contributed by atoms with Crippen molar-refractivity contribution in [3.05, 3.63) is 64.9 Å². The predicted octanol–water partition coefficient (Wildman–Crippen LogP) is 2.52. The lowest BCUT2D eigenvalue weighted by Gasteiger charge is -2.11. The Kier molecular flexibility index (Phi) is 5.72. The molecule has 1 amide bonds. The van der Waals surface area contributed by atoms with Crippen LogP contribution in [-0.4, -0.2) is 22.5 Å². The van der Waals surface area contributed by atoms with E-state index in [2.05, 4.69) is 10.3 Å². The van der Waals surface area contributed by atoms with Gasteiger partial charge >= 0.3 is 0 Å². The van der Waals surface area contributed by atoms with E-state index in [0.717, 1.165) is 12.0 Å². The Balaban J connectivity index is 1.75. The first kappa shape index (κ1) is 15.5. The third-order valence-electron chi connectivity index (χ3n) is 3.09. The first-order valence-electron chi connectivity index (χ1n) is 6.74. The normalized spacial score (nSPS) is 11.9. The van der Waals surface area contributed by atoms with Crippen molar-refractivity contribution in [2.45, 2.75) is 18.9 Å². The Morgan fingerprint density at radius 2 is 2.05 bits per heavy atom. The summed E-state index contributed by atoms with van der Waals surface area (Å²) in [4.78, 5) is 15.8. The molecule has 110 valence electrons. The molecule has 0 bridgehead atoms. The molecule has 4 nitrogen and oxygen atoms in total. The molecule has 2 rings (SSSR count). The van der Waals surface area contributed by atoms with Crippen molar-refractivity contribution < 1.29 is 9.90 Å². The zero-order valence-electron chi connectivity index (χ0n) is 11.5. The number of carbonyl (C=O) groups excluding carboxylic acids is 1. The molecule has 5 heteroatoms. The van der Waals surface area contributed by atoms with Crippen LogP contribution in [0, 0.1) is 0 Å². The summed E-state index contributed by atoms with van der Waals surface area (Å²) in [6.07, 6.45) is 3.42. The highest BCUT2D eigenvalue weighted by Gasteiger charge is 2.12. The summed E-state index contributed by atoms with van der Waals surface area (Å²) in [6.45, 7) is 0.526. The van der Waals surface area contributed by atoms with Gasteiger partial charge < -0.3 is 10.4 Å². The van der Waals surface area contributed by atoms with Crippen LogP contribution in [0.1, 0.15) is 23.7 Å². The summed E-state index contributed by atoms with van der Waals surface area (Å²) in [6, 6.07) is 10.6. The number of hydrogen-bond acceptors (Lipinski definition) is 3. The number of nitrogens with zero attached hydrogens (tertiary/aromatic N) is 1. The van der Waals surface area contributed by atoms with Crippen molar-refractivity contribution in [1.82, 2.24) is 10.3 Å². The molecule has 2 aromatic rings. The van der Waals surface area contributed by atoms with E-state index in [9.17, 15) is 9.90 Å². The molecular weight excluding hydrogens is 288 g/mol. The second kappa shape index (κ2) is 7.76. The minimum atomic E-state index is -0.819. The molecule has 0 aliphatic carbocycles. The van der Waals surface area contributed by atoms with E-state index in [-0.39, 0.29) is 12.3 Å². The zero-order chi connectivity index (χ0) is 15.1. The number of amides is 1. The zero-order valence-corrected chi connectivity index (χ0v) is 12.3. The Morgan fingerprint density at radius 1 is 1.29 bits per heavy atom. The van der Waals surface area contributed by atoms with Gasteiger partial charge in [0.15, 0.2) is 0 Å². The third kappa shape index (κ3) is 5.17. The monoisotopic (exact) mass is 304 g/mol. The molecule has 1 heterocycles. The quantitative estimate of drug-likeness (QED) is 0.862. The minimum Gasteiger partial charge on any atom is -0.388 e. The second-order valence-electron chi connectivity index (χ2n) is 4.73. The van der Waals surface area contributed by atoms with Gasteiger partial charge in [-0.25, -0.2) is 0 Å². The van der Waals surface area contributed by atoms with Gasteiger partial charge in [0.2, 0.25) is 5.91 Å². The Bertz CT molecular complexity index is 573. The van der Waals surface area contributed by atoms with E-state index in [1.54, 1.807) is 36.7 Å². The number of aromatic nitrogens is 1. The summed E-state index contributed by atoms with van der Waals surface area (Å²) in [5.41, 5.74) is 1.75. The number of rotatable bonds is 6. The first-order chi connectivity index (χ1) is 10.1. The number of aliphatic hydroxyl groups excluding tert-OH is 1. The molecule has 1 unspecified atom stereocenters. The number of aliphatic hydroxyl groups is 1. The fourth-order valence-corrected chi connectivity index (χ4v) is 2.07. The molecule has 0 saturated carbocycles. The third-order valence-corrected chi connectivity index (χ3v) is 3.34. The Hall–Kier alpha value is -1.91. The van der Waals surface area contributed by atoms with E-state index in [0.29, 0.717) is 17.1 Å². The van der Waals surface area contributed by atoms with Crippen molar-refractivity contribution in [2.24, 2.45) is 0 Å². The van der Waals surface area contributed by atoms with Gasteiger partial charge in [0.05, 0.1) is 12.5 Å². The highest BCUT2D eigenvalue weighted by atomic mass is 35.5. The van der Waals surface area contributed by atoms with Gasteiger partial charge in [-0.05, 0) is 35.7 Å². The van der Waals surface area contributed by atoms with Gasteiger partial charge in [-0.3, -0.25) is 9.78 Å². The minimum absolute atomic E-state index is 0.0364. The lowest BCUT2D eigenvalue weighted by atomic mass is 10.1. The average molecular weight is 305 g/mol. The van der Waals surface area contributed by atoms with Crippen molar-refractivity contribution >= 4 is 17.5 Å². The smallest absolute Gasteiger partial charge is 0.222 e. The van der Waals surface area contributed by atoms with Crippen molar-refractivity contribution in [1.29, 1.82) is 0 Å². The van der Waals surface area contributed by atoms with Crippen LogP contribution in [0.4, 0.5) is 0 Å². The molecule has 0 aliphatic rings. The highest BCUT2D eigenvalue weighted by Crippen LogP contribution is 2.18. The van der Waals surface area contributed by atoms with Gasteiger partial charge in [-0.1, -0.05) is 29.8 Å². The average Bonchev–Trinajstić information content (AvgIpc) is 2.49. The summed E-state index contributed by atoms with van der Waals surface area (Å²) in [7, 11) is 0. The molecule has 0 spiro atoms. The number of carbonyl (C=O) groups is 1. The van der Waals surface area contributed by atoms with Crippen LogP contribution in [0.25, 0.3) is 0 Å². The maximum Gasteiger partial charge on any atom is 0.222 e. The summed E-state index contributed by atoms with van der Waals surface area (Å²) in [5.74, 6) is -0.179. The van der Waals surface area contributed by atoms with Gasteiger partial charge in [-0.2, -0.15) is 0 Å². The summed E-state index contributed by atoms with van der Waals surface area (Å²) >= 11 is 5.78. The molecule has 2 N–H and O–H groups in total. The molecule has 1 atom stereocenters. The van der Waals surface area contributed by atoms with Crippen LogP contribution in [0.2, 0.25) is 5.02 Å². The first-order valence-corrected chi connectivity index (χ1v) is 7.12. The fraction of sp³-hybridized carbons (Fsp3) is 0.250. The Labute approximate surface area is 128 Å². The maximum absolute atomic E-state index is 11.8. The second-order valence-corrected chi connectivity index (χ2v) is 5.17. The van der Waals surface area contributed by atoms with E-state index in [1.807, 2.05) is 12.1 Å². The lowest BCUT2D eigenvalue weighted by Crippen LogP contribution is -2.27. The fourth-order valence-electron chi connectivity index (χ4n) is 1.94. The molecule has 0 fully saturated rings. The van der Waals surface area contributed by atoms with E-state index < -0.39 is 6.10 Å². The van der Waals surface area contributed by atoms with E-state index in [4.69, 9.17) is 11.6 Å². The largest absolute Gasteiger partial charge is 0.388 e. The van der Waals surface area contributed by atoms with Crippen molar-refractivity contribution in [2.75, 3.05) is 6.54 Å². The number of hydrogen-bond donors (Lipinski definition) is 2. The molecular formula is C16H17ClN2O2. The van der Waals surface area contributed by atoms with Crippen LogP contribution >= 0.6 is 11.6 Å². The van der Waals surface area contributed by atoms with E-state index >= 15 is 0 Å². The molecule has 1 aromatic carbocycles. The van der Waals surface area contributed by atoms with Gasteiger partial charge in [0.1, 0.15) is 0 Å². The molecule has 1 aromatic heterocycles. The number of pyridine rings is 1. The van der Waals surface area contributed by atoms with Crippen molar-refractivity contribution in [3.63, 3.8) is 0 Å². The number of halogens is 1. The van der Waals surface area contributed by atoms with E-state index in [1.165, 1.54) is 0 Å². The van der Waals surface area contributed by atoms with Crippen LogP contribution in [0.15, 0.2) is 48.8 Å². The van der Waals surface area contributed by atoms with Crippen LogP contribution in [0.5, 0.6) is 0 Å². The molecule has 0 saturated heterocycles. The topological polar surface area (TPSA) is 62.2 Å². The maximum atomic E-state index is 11.8. The highest BCUT2D eigenvalue weighted by molar-refractivity contribution is 6.30. The summed E-state index contributed by atoms with van der Waals surface area (Å²) in [5, 5.41) is 13.4. The van der Waals surface area contributed by atoms with Gasteiger partial charge in [0, 0.05) is 24.0 Å². The number of benzene rings is 1. The number of nitrogens with one attached hydrogen (secondary N) is 1. The SMILES string of the molecule is O=C(CC(O)c1ccc(Cl)cc1)NCCc1cccnc1. The van der Waals surface area contributed by atoms with Gasteiger partial charge in [0.25, 0.3) is 0 Å². The summed E-state index contributed by atoms with van der Waals surface area (Å²) < 4.78 is 0. The van der Waals surface area contributed by atoms with Crippen LogP contribution in [0.3, 0.4) is 0 Å². The predicted molar refractivity (Wildman–Crippen MR) is 82.0 cm³/mol. The molecule has 0 radical (unpaired) electrons. The lowest BCUT2D eigenvalue weighted by molar-refractivity contribution is -0.123. The standard InChI is InChI=1S/C16H17ClN2O2/c17-14-5-3-13(4-6-14)15(20)10-16(21)19-9-7-12-2-1-8-18-11-12/h1-6,8,11,15,20H,7,9-10H2,(H,19,21). The van der Waals surface area contributed by atoms with Crippen LogP contribution < -0.4 is 5.32 Å². The molecule has 0 aliphatic heterocycles. The molecule has 21 heavy (non-hydrogen) atoms. The van der Waals surface area contributed by atoms with Crippen LogP contribution in [-0.2, 0) is 11.2 Å². The van der Waals surface area contributed by atoms with Gasteiger partial charge in [-0.15, -0.1) is 0 Å².